The zero-order valence-corrected chi connectivity index (χ0v) is 19.7. The monoisotopic (exact) mass is 494 g/mol. The fourth-order valence-corrected chi connectivity index (χ4v) is 4.16. The van der Waals surface area contributed by atoms with E-state index in [2.05, 4.69) is 10.5 Å². The highest BCUT2D eigenvalue weighted by Gasteiger charge is 2.57. The lowest BCUT2D eigenvalue weighted by atomic mass is 9.73. The van der Waals surface area contributed by atoms with Gasteiger partial charge in [-0.1, -0.05) is 49.3 Å². The topological polar surface area (TPSA) is 84.6 Å². The molecule has 0 spiro atoms. The van der Waals surface area contributed by atoms with E-state index in [9.17, 15) is 27.5 Å². The average molecular weight is 494 g/mol. The van der Waals surface area contributed by atoms with Gasteiger partial charge >= 0.3 is 6.18 Å². The Morgan fingerprint density at radius 3 is 2.37 bits per heavy atom. The van der Waals surface area contributed by atoms with Crippen LogP contribution in [0.3, 0.4) is 0 Å². The molecule has 0 fully saturated rings. The van der Waals surface area contributed by atoms with E-state index in [1.165, 1.54) is 34.1 Å². The van der Waals surface area contributed by atoms with Gasteiger partial charge in [-0.15, -0.1) is 0 Å². The van der Waals surface area contributed by atoms with Crippen molar-refractivity contribution < 1.29 is 36.7 Å². The van der Waals surface area contributed by atoms with Crippen LogP contribution in [0.5, 0.6) is 5.75 Å². The Bertz CT molecular complexity index is 1190. The molecule has 0 radical (unpaired) electrons. The van der Waals surface area contributed by atoms with E-state index in [4.69, 9.17) is 9.26 Å². The fraction of sp³-hybridized carbons (Fsp3) is 0.360. The Labute approximate surface area is 199 Å². The van der Waals surface area contributed by atoms with Gasteiger partial charge in [0, 0.05) is 24.6 Å². The number of carbonyl (C=O) groups excluding carboxylic acids is 1. The SMILES string of the molecule is CNC(=O)c1c(-c2ccccc2)noc1CC(O)(CC(C)(C)c1cc(F)ccc1OC)C(F)(F)F. The Morgan fingerprint density at radius 2 is 1.80 bits per heavy atom. The standard InChI is InChI=1S/C25H26F4N2O4/c1-23(2,17-12-16(26)10-11-18(17)34-4)14-24(33,25(27,28)29)13-19-20(22(32)30-3)21(31-35-19)15-8-6-5-7-9-15/h5-12,33H,13-14H2,1-4H3,(H,30,32). The third kappa shape index (κ3) is 5.32. The minimum absolute atomic E-state index is 0.0514. The number of methoxy groups -OCH3 is 1. The van der Waals surface area contributed by atoms with Gasteiger partial charge in [0.15, 0.2) is 11.4 Å². The zero-order chi connectivity index (χ0) is 26.0. The third-order valence-electron chi connectivity index (χ3n) is 5.87. The highest BCUT2D eigenvalue weighted by atomic mass is 19.4. The van der Waals surface area contributed by atoms with Gasteiger partial charge in [-0.2, -0.15) is 13.2 Å². The van der Waals surface area contributed by atoms with Gasteiger partial charge in [-0.25, -0.2) is 4.39 Å². The summed E-state index contributed by atoms with van der Waals surface area (Å²) in [5, 5.41) is 17.2. The summed E-state index contributed by atoms with van der Waals surface area (Å²) in [7, 11) is 2.64. The number of aliphatic hydroxyl groups is 1. The lowest BCUT2D eigenvalue weighted by molar-refractivity contribution is -0.267. The molecule has 0 aliphatic carbocycles. The number of hydrogen-bond acceptors (Lipinski definition) is 5. The summed E-state index contributed by atoms with van der Waals surface area (Å²) in [4.78, 5) is 12.6. The molecule has 2 aromatic carbocycles. The van der Waals surface area contributed by atoms with Crippen LogP contribution in [-0.2, 0) is 11.8 Å². The molecule has 0 aliphatic rings. The first kappa shape index (κ1) is 26.2. The number of alkyl halides is 3. The molecule has 0 bridgehead atoms. The number of hydrogen-bond donors (Lipinski definition) is 2. The molecule has 3 aromatic rings. The molecule has 35 heavy (non-hydrogen) atoms. The minimum atomic E-state index is -5.12. The molecule has 3 rings (SSSR count). The van der Waals surface area contributed by atoms with Gasteiger partial charge in [0.25, 0.3) is 5.91 Å². The molecular weight excluding hydrogens is 468 g/mol. The van der Waals surface area contributed by atoms with E-state index in [1.54, 1.807) is 30.3 Å². The van der Waals surface area contributed by atoms with Crippen molar-refractivity contribution in [3.8, 4) is 17.0 Å². The number of benzene rings is 2. The quantitative estimate of drug-likeness (QED) is 0.428. The normalized spacial score (nSPS) is 13.9. The number of nitrogens with one attached hydrogen (secondary N) is 1. The summed E-state index contributed by atoms with van der Waals surface area (Å²) in [5.74, 6) is -1.62. The molecule has 1 aromatic heterocycles. The van der Waals surface area contributed by atoms with Crippen LogP contribution in [0.4, 0.5) is 17.6 Å². The summed E-state index contributed by atoms with van der Waals surface area (Å²) < 4.78 is 67.3. The van der Waals surface area contributed by atoms with E-state index in [0.717, 1.165) is 12.1 Å². The first-order chi connectivity index (χ1) is 16.3. The van der Waals surface area contributed by atoms with Crippen molar-refractivity contribution in [1.82, 2.24) is 10.5 Å². The summed E-state index contributed by atoms with van der Waals surface area (Å²) in [6.45, 7) is 2.88. The molecule has 10 heteroatoms. The smallest absolute Gasteiger partial charge is 0.417 e. The van der Waals surface area contributed by atoms with Crippen LogP contribution in [0.25, 0.3) is 11.3 Å². The maximum Gasteiger partial charge on any atom is 0.417 e. The lowest BCUT2D eigenvalue weighted by Gasteiger charge is -2.38. The van der Waals surface area contributed by atoms with Crippen LogP contribution < -0.4 is 10.1 Å². The molecule has 1 amide bonds. The molecule has 0 aliphatic heterocycles. The Hall–Kier alpha value is -3.40. The van der Waals surface area contributed by atoms with E-state index < -0.39 is 47.5 Å². The van der Waals surface area contributed by atoms with Crippen molar-refractivity contribution in [2.45, 2.75) is 43.9 Å². The van der Waals surface area contributed by atoms with E-state index >= 15 is 0 Å². The molecule has 1 unspecified atom stereocenters. The second-order valence-corrected chi connectivity index (χ2v) is 8.89. The molecule has 6 nitrogen and oxygen atoms in total. The van der Waals surface area contributed by atoms with Gasteiger partial charge in [0.05, 0.1) is 7.11 Å². The maximum atomic E-state index is 14.3. The predicted octanol–water partition coefficient (Wildman–Crippen LogP) is 5.05. The van der Waals surface area contributed by atoms with Crippen LogP contribution in [0, 0.1) is 5.82 Å². The van der Waals surface area contributed by atoms with Crippen LogP contribution in [-0.4, -0.2) is 42.1 Å². The largest absolute Gasteiger partial charge is 0.496 e. The molecule has 0 saturated heterocycles. The van der Waals surface area contributed by atoms with Gasteiger partial charge in [0.1, 0.15) is 22.8 Å². The van der Waals surface area contributed by atoms with Crippen LogP contribution in [0.1, 0.15) is 41.9 Å². The molecule has 0 saturated carbocycles. The second-order valence-electron chi connectivity index (χ2n) is 8.89. The number of rotatable bonds is 8. The number of halogens is 4. The molecule has 1 atom stereocenters. The number of aromatic nitrogens is 1. The van der Waals surface area contributed by atoms with Crippen LogP contribution in [0.15, 0.2) is 53.1 Å². The second kappa shape index (κ2) is 9.69. The van der Waals surface area contributed by atoms with E-state index in [1.807, 2.05) is 0 Å². The molecule has 2 N–H and O–H groups in total. The van der Waals surface area contributed by atoms with Crippen molar-refractivity contribution >= 4 is 5.91 Å². The number of carbonyl (C=O) groups is 1. The van der Waals surface area contributed by atoms with Crippen molar-refractivity contribution in [2.24, 2.45) is 0 Å². The Morgan fingerprint density at radius 1 is 1.14 bits per heavy atom. The number of ether oxygens (including phenoxy) is 1. The van der Waals surface area contributed by atoms with Gasteiger partial charge in [0.2, 0.25) is 0 Å². The summed E-state index contributed by atoms with van der Waals surface area (Å²) >= 11 is 0. The zero-order valence-electron chi connectivity index (χ0n) is 19.7. The Balaban J connectivity index is 2.08. The van der Waals surface area contributed by atoms with Gasteiger partial charge in [-0.05, 0) is 30.0 Å². The summed E-state index contributed by atoms with van der Waals surface area (Å²) in [5.41, 5.74) is -4.28. The third-order valence-corrected chi connectivity index (χ3v) is 5.87. The fourth-order valence-electron chi connectivity index (χ4n) is 4.16. The predicted molar refractivity (Wildman–Crippen MR) is 121 cm³/mol. The average Bonchev–Trinajstić information content (AvgIpc) is 3.21. The van der Waals surface area contributed by atoms with E-state index in [-0.39, 0.29) is 22.6 Å². The lowest BCUT2D eigenvalue weighted by Crippen LogP contribution is -2.51. The maximum absolute atomic E-state index is 14.3. The van der Waals surface area contributed by atoms with Crippen molar-refractivity contribution in [3.63, 3.8) is 0 Å². The number of nitrogens with zero attached hydrogens (tertiary/aromatic N) is 1. The van der Waals surface area contributed by atoms with Crippen LogP contribution >= 0.6 is 0 Å². The first-order valence-electron chi connectivity index (χ1n) is 10.7. The first-order valence-corrected chi connectivity index (χ1v) is 10.7. The van der Waals surface area contributed by atoms with Crippen molar-refractivity contribution in [1.29, 1.82) is 0 Å². The van der Waals surface area contributed by atoms with Crippen molar-refractivity contribution in [2.75, 3.05) is 14.2 Å². The summed E-state index contributed by atoms with van der Waals surface area (Å²) in [6.07, 6.45) is -7.08. The minimum Gasteiger partial charge on any atom is -0.496 e. The highest BCUT2D eigenvalue weighted by Crippen LogP contribution is 2.45. The van der Waals surface area contributed by atoms with Gasteiger partial charge in [-0.3, -0.25) is 4.79 Å². The van der Waals surface area contributed by atoms with Crippen LogP contribution in [0.2, 0.25) is 0 Å². The Kier molecular flexibility index (Phi) is 7.26. The molecular formula is C25H26F4N2O4. The molecule has 1 heterocycles. The number of amides is 1. The molecule has 188 valence electrons. The highest BCUT2D eigenvalue weighted by molar-refractivity contribution is 6.00. The van der Waals surface area contributed by atoms with E-state index in [0.29, 0.717) is 5.56 Å². The van der Waals surface area contributed by atoms with Crippen molar-refractivity contribution in [3.05, 3.63) is 71.2 Å². The van der Waals surface area contributed by atoms with Gasteiger partial charge < -0.3 is 19.7 Å². The summed E-state index contributed by atoms with van der Waals surface area (Å²) in [6, 6.07) is 11.9.